The van der Waals surface area contributed by atoms with Crippen molar-refractivity contribution in [3.8, 4) is 12.3 Å². The van der Waals surface area contributed by atoms with Gasteiger partial charge in [0.15, 0.2) is 0 Å². The molecule has 1 aromatic rings. The smallest absolute Gasteiger partial charge is 0.116 e. The lowest BCUT2D eigenvalue weighted by molar-refractivity contribution is 0.683. The Bertz CT molecular complexity index is 289. The number of aryl methyl sites for hydroxylation is 2. The molecule has 1 rings (SSSR count). The van der Waals surface area contributed by atoms with Gasteiger partial charge in [-0.2, -0.15) is 0 Å². The molecule has 1 atom stereocenters. The average Bonchev–Trinajstić information content (AvgIpc) is 2.35. The molecule has 0 amide bonds. The molecule has 0 aliphatic rings. The van der Waals surface area contributed by atoms with Crippen molar-refractivity contribution >= 4 is 11.3 Å². The number of nitrogens with one attached hydrogen (secondary N) is 1. The van der Waals surface area contributed by atoms with Crippen LogP contribution in [0.1, 0.15) is 21.4 Å². The summed E-state index contributed by atoms with van der Waals surface area (Å²) >= 11 is 1.69. The molecule has 64 valence electrons. The number of thiophene rings is 1. The molecule has 0 aromatic carbocycles. The zero-order valence-corrected chi connectivity index (χ0v) is 8.03. The Morgan fingerprint density at radius 1 is 1.67 bits per heavy atom. The summed E-state index contributed by atoms with van der Waals surface area (Å²) in [5.41, 5.74) is 3.85. The van der Waals surface area contributed by atoms with Gasteiger partial charge in [0.1, 0.15) is 6.04 Å². The van der Waals surface area contributed by atoms with Gasteiger partial charge in [-0.25, -0.2) is 5.43 Å². The van der Waals surface area contributed by atoms with E-state index in [1.54, 1.807) is 11.3 Å². The van der Waals surface area contributed by atoms with Crippen molar-refractivity contribution in [3.63, 3.8) is 0 Å². The SMILES string of the molecule is C#CC(NN)c1cc(C)c(C)s1. The Hall–Kier alpha value is -0.820. The van der Waals surface area contributed by atoms with Gasteiger partial charge in [-0.15, -0.1) is 17.8 Å². The molecule has 2 nitrogen and oxygen atoms in total. The molecular formula is C9H12N2S. The zero-order valence-electron chi connectivity index (χ0n) is 7.22. The molecular weight excluding hydrogens is 168 g/mol. The maximum Gasteiger partial charge on any atom is 0.116 e. The highest BCUT2D eigenvalue weighted by Gasteiger charge is 2.09. The molecule has 0 aliphatic carbocycles. The van der Waals surface area contributed by atoms with E-state index in [-0.39, 0.29) is 6.04 Å². The van der Waals surface area contributed by atoms with Gasteiger partial charge in [0.25, 0.3) is 0 Å². The summed E-state index contributed by atoms with van der Waals surface area (Å²) in [7, 11) is 0. The van der Waals surface area contributed by atoms with Crippen molar-refractivity contribution in [2.75, 3.05) is 0 Å². The molecule has 1 aromatic heterocycles. The lowest BCUT2D eigenvalue weighted by Crippen LogP contribution is -2.26. The van der Waals surface area contributed by atoms with Crippen molar-refractivity contribution < 1.29 is 0 Å². The van der Waals surface area contributed by atoms with E-state index >= 15 is 0 Å². The van der Waals surface area contributed by atoms with Gasteiger partial charge < -0.3 is 0 Å². The third-order valence-corrected chi connectivity index (χ3v) is 3.02. The summed E-state index contributed by atoms with van der Waals surface area (Å²) in [6, 6.07) is 1.92. The van der Waals surface area contributed by atoms with Gasteiger partial charge in [0.2, 0.25) is 0 Å². The van der Waals surface area contributed by atoms with Crippen LogP contribution in [0.15, 0.2) is 6.07 Å². The van der Waals surface area contributed by atoms with Crippen LogP contribution in [0.2, 0.25) is 0 Å². The maximum atomic E-state index is 5.29. The largest absolute Gasteiger partial charge is 0.270 e. The average molecular weight is 180 g/mol. The Kier molecular flexibility index (Phi) is 2.88. The third kappa shape index (κ3) is 1.67. The van der Waals surface area contributed by atoms with Gasteiger partial charge in [-0.05, 0) is 25.5 Å². The summed E-state index contributed by atoms with van der Waals surface area (Å²) < 4.78 is 0. The van der Waals surface area contributed by atoms with Crippen LogP contribution in [-0.2, 0) is 0 Å². The van der Waals surface area contributed by atoms with Gasteiger partial charge in [0.05, 0.1) is 0 Å². The Labute approximate surface area is 76.8 Å². The predicted molar refractivity (Wildman–Crippen MR) is 52.7 cm³/mol. The fourth-order valence-corrected chi connectivity index (χ4v) is 2.02. The fourth-order valence-electron chi connectivity index (χ4n) is 0.956. The van der Waals surface area contributed by atoms with Crippen molar-refractivity contribution in [2.24, 2.45) is 5.84 Å². The lowest BCUT2D eigenvalue weighted by atomic mass is 10.2. The van der Waals surface area contributed by atoms with Crippen LogP contribution >= 0.6 is 11.3 Å². The molecule has 0 bridgehead atoms. The van der Waals surface area contributed by atoms with E-state index in [0.717, 1.165) is 4.88 Å². The van der Waals surface area contributed by atoms with Crippen molar-refractivity contribution in [1.29, 1.82) is 0 Å². The highest BCUT2D eigenvalue weighted by atomic mass is 32.1. The van der Waals surface area contributed by atoms with Crippen molar-refractivity contribution in [2.45, 2.75) is 19.9 Å². The Balaban J connectivity index is 2.96. The quantitative estimate of drug-likeness (QED) is 0.411. The Morgan fingerprint density at radius 3 is 2.67 bits per heavy atom. The first-order valence-electron chi connectivity index (χ1n) is 3.68. The second-order valence-electron chi connectivity index (χ2n) is 2.65. The number of terminal acetylenes is 1. The maximum absolute atomic E-state index is 5.29. The van der Waals surface area contributed by atoms with Crippen LogP contribution in [0.25, 0.3) is 0 Å². The number of hydrazine groups is 1. The molecule has 12 heavy (non-hydrogen) atoms. The molecule has 1 heterocycles. The van der Waals surface area contributed by atoms with E-state index in [0.29, 0.717) is 0 Å². The molecule has 0 spiro atoms. The Morgan fingerprint density at radius 2 is 2.33 bits per heavy atom. The molecule has 0 radical (unpaired) electrons. The number of hydrogen-bond acceptors (Lipinski definition) is 3. The molecule has 0 fully saturated rings. The number of rotatable bonds is 2. The highest BCUT2D eigenvalue weighted by molar-refractivity contribution is 7.12. The first-order chi connectivity index (χ1) is 5.69. The first kappa shape index (κ1) is 9.27. The molecule has 0 saturated carbocycles. The summed E-state index contributed by atoms with van der Waals surface area (Å²) in [5, 5.41) is 0. The summed E-state index contributed by atoms with van der Waals surface area (Å²) in [6.07, 6.45) is 5.29. The first-order valence-corrected chi connectivity index (χ1v) is 4.50. The summed E-state index contributed by atoms with van der Waals surface area (Å²) in [4.78, 5) is 2.40. The van der Waals surface area contributed by atoms with Gasteiger partial charge in [-0.1, -0.05) is 5.92 Å². The van der Waals surface area contributed by atoms with Crippen molar-refractivity contribution in [1.82, 2.24) is 5.43 Å². The van der Waals surface area contributed by atoms with E-state index < -0.39 is 0 Å². The van der Waals surface area contributed by atoms with Crippen LogP contribution in [0.3, 0.4) is 0 Å². The standard InChI is InChI=1S/C9H12N2S/c1-4-8(11-10)9-5-6(2)7(3)12-9/h1,5,8,11H,10H2,2-3H3. The predicted octanol–water partition coefficient (Wildman–Crippen LogP) is 1.50. The number of nitrogens with two attached hydrogens (primary N) is 1. The van der Waals surface area contributed by atoms with Crippen molar-refractivity contribution in [3.05, 3.63) is 21.4 Å². The lowest BCUT2D eigenvalue weighted by Gasteiger charge is -2.04. The van der Waals surface area contributed by atoms with Crippen LogP contribution in [0, 0.1) is 26.2 Å². The minimum absolute atomic E-state index is 0.151. The molecule has 0 saturated heterocycles. The van der Waals surface area contributed by atoms with Gasteiger partial charge in [-0.3, -0.25) is 5.84 Å². The second-order valence-corrected chi connectivity index (χ2v) is 3.94. The molecule has 3 heteroatoms. The monoisotopic (exact) mass is 180 g/mol. The molecule has 0 aliphatic heterocycles. The minimum atomic E-state index is -0.151. The topological polar surface area (TPSA) is 38.0 Å². The van der Waals surface area contributed by atoms with Crippen LogP contribution in [-0.4, -0.2) is 0 Å². The fraction of sp³-hybridized carbons (Fsp3) is 0.333. The normalized spacial score (nSPS) is 12.5. The summed E-state index contributed by atoms with van der Waals surface area (Å²) in [5.74, 6) is 7.87. The van der Waals surface area contributed by atoms with Crippen LogP contribution in [0.5, 0.6) is 0 Å². The zero-order chi connectivity index (χ0) is 9.14. The third-order valence-electron chi connectivity index (χ3n) is 1.80. The molecule has 3 N–H and O–H groups in total. The van der Waals surface area contributed by atoms with E-state index in [1.165, 1.54) is 10.4 Å². The van der Waals surface area contributed by atoms with E-state index in [2.05, 4.69) is 31.3 Å². The summed E-state index contributed by atoms with van der Waals surface area (Å²) in [6.45, 7) is 4.15. The van der Waals surface area contributed by atoms with E-state index in [1.807, 2.05) is 0 Å². The molecule has 1 unspecified atom stereocenters. The highest BCUT2D eigenvalue weighted by Crippen LogP contribution is 2.25. The van der Waals surface area contributed by atoms with E-state index in [4.69, 9.17) is 12.3 Å². The van der Waals surface area contributed by atoms with Crippen LogP contribution < -0.4 is 11.3 Å². The van der Waals surface area contributed by atoms with E-state index in [9.17, 15) is 0 Å². The van der Waals surface area contributed by atoms with Crippen LogP contribution in [0.4, 0.5) is 0 Å². The minimum Gasteiger partial charge on any atom is -0.270 e. The number of hydrogen-bond donors (Lipinski definition) is 2. The second kappa shape index (κ2) is 3.72. The van der Waals surface area contributed by atoms with Gasteiger partial charge >= 0.3 is 0 Å². The van der Waals surface area contributed by atoms with Gasteiger partial charge in [0, 0.05) is 9.75 Å².